The van der Waals surface area contributed by atoms with Crippen molar-refractivity contribution in [3.63, 3.8) is 0 Å². The van der Waals surface area contributed by atoms with Crippen molar-refractivity contribution in [1.82, 2.24) is 5.32 Å². The second-order valence-corrected chi connectivity index (χ2v) is 5.42. The zero-order valence-corrected chi connectivity index (χ0v) is 11.1. The van der Waals surface area contributed by atoms with E-state index in [4.69, 9.17) is 0 Å². The summed E-state index contributed by atoms with van der Waals surface area (Å²) in [5.41, 5.74) is 2.31. The molecule has 0 aliphatic rings. The maximum atomic E-state index is 11.4. The number of carbonyl (C=O) groups is 1. The largest absolute Gasteiger partial charge is 0.384 e. The first-order valence-electron chi connectivity index (χ1n) is 5.95. The van der Waals surface area contributed by atoms with Crippen molar-refractivity contribution in [2.45, 2.75) is 27.2 Å². The van der Waals surface area contributed by atoms with Crippen molar-refractivity contribution < 1.29 is 4.79 Å². The van der Waals surface area contributed by atoms with Crippen molar-refractivity contribution in [1.29, 1.82) is 0 Å². The number of hydrogen-bond acceptors (Lipinski definition) is 2. The van der Waals surface area contributed by atoms with Gasteiger partial charge in [-0.1, -0.05) is 39.0 Å². The van der Waals surface area contributed by atoms with E-state index >= 15 is 0 Å². The van der Waals surface area contributed by atoms with E-state index in [1.165, 1.54) is 0 Å². The molecule has 1 aromatic rings. The Hall–Kier alpha value is -1.51. The highest BCUT2D eigenvalue weighted by atomic mass is 16.1. The minimum Gasteiger partial charge on any atom is -0.384 e. The van der Waals surface area contributed by atoms with Gasteiger partial charge in [-0.05, 0) is 17.0 Å². The lowest BCUT2D eigenvalue weighted by atomic mass is 9.96. The molecule has 1 aromatic carbocycles. The summed E-state index contributed by atoms with van der Waals surface area (Å²) in [5, 5.41) is 6.05. The van der Waals surface area contributed by atoms with Crippen molar-refractivity contribution in [2.24, 2.45) is 5.41 Å². The molecule has 1 rings (SSSR count). The fourth-order valence-corrected chi connectivity index (χ4v) is 1.47. The summed E-state index contributed by atoms with van der Waals surface area (Å²) in [6.07, 6.45) is 0.420. The molecule has 0 aliphatic carbocycles. The highest BCUT2D eigenvalue weighted by Crippen LogP contribution is 2.19. The highest BCUT2D eigenvalue weighted by Gasteiger charge is 2.11. The van der Waals surface area contributed by atoms with E-state index < -0.39 is 0 Å². The first-order chi connectivity index (χ1) is 7.92. The Bertz CT molecular complexity index is 380. The van der Waals surface area contributed by atoms with Crippen LogP contribution in [-0.2, 0) is 11.2 Å². The number of anilines is 1. The monoisotopic (exact) mass is 234 g/mol. The van der Waals surface area contributed by atoms with Gasteiger partial charge in [0.25, 0.3) is 0 Å². The average Bonchev–Trinajstić information content (AvgIpc) is 2.26. The molecule has 0 bridgehead atoms. The molecule has 2 N–H and O–H groups in total. The lowest BCUT2D eigenvalue weighted by Gasteiger charge is -2.21. The predicted octanol–water partition coefficient (Wildman–Crippen LogP) is 2.43. The Balaban J connectivity index is 2.74. The van der Waals surface area contributed by atoms with Crippen molar-refractivity contribution in [2.75, 3.05) is 18.9 Å². The van der Waals surface area contributed by atoms with Gasteiger partial charge in [0.05, 0.1) is 6.42 Å². The maximum absolute atomic E-state index is 11.4. The molecule has 1 amide bonds. The molecular formula is C14H22N2O. The zero-order valence-electron chi connectivity index (χ0n) is 11.1. The predicted molar refractivity (Wildman–Crippen MR) is 72.2 cm³/mol. The number of rotatable bonds is 4. The van der Waals surface area contributed by atoms with E-state index in [1.54, 1.807) is 7.05 Å². The molecule has 0 radical (unpaired) electrons. The van der Waals surface area contributed by atoms with Crippen LogP contribution in [0.25, 0.3) is 0 Å². The molecule has 0 fully saturated rings. The number of carbonyl (C=O) groups excluding carboxylic acids is 1. The minimum atomic E-state index is 0.0370. The van der Waals surface area contributed by atoms with Crippen LogP contribution in [0.3, 0.4) is 0 Å². The molecule has 3 heteroatoms. The summed E-state index contributed by atoms with van der Waals surface area (Å²) >= 11 is 0. The number of likely N-dealkylation sites (N-methyl/N-ethyl adjacent to an activating group) is 1. The van der Waals surface area contributed by atoms with Gasteiger partial charge in [0.15, 0.2) is 0 Å². The molecule has 0 aromatic heterocycles. The topological polar surface area (TPSA) is 41.1 Å². The Labute approximate surface area is 104 Å². The van der Waals surface area contributed by atoms with Gasteiger partial charge in [-0.25, -0.2) is 0 Å². The minimum absolute atomic E-state index is 0.0370. The average molecular weight is 234 g/mol. The number of amides is 1. The van der Waals surface area contributed by atoms with E-state index in [1.807, 2.05) is 24.3 Å². The van der Waals surface area contributed by atoms with Crippen molar-refractivity contribution in [3.8, 4) is 0 Å². The quantitative estimate of drug-likeness (QED) is 0.840. The molecule has 0 spiro atoms. The van der Waals surface area contributed by atoms with Crippen molar-refractivity contribution in [3.05, 3.63) is 29.8 Å². The Kier molecular flexibility index (Phi) is 4.55. The molecule has 17 heavy (non-hydrogen) atoms. The molecule has 0 aliphatic heterocycles. The van der Waals surface area contributed by atoms with Crippen LogP contribution >= 0.6 is 0 Å². The second-order valence-electron chi connectivity index (χ2n) is 5.42. The van der Waals surface area contributed by atoms with Gasteiger partial charge >= 0.3 is 0 Å². The SMILES string of the molecule is CNC(=O)Cc1ccccc1NCC(C)(C)C. The normalized spacial score (nSPS) is 11.1. The molecule has 0 heterocycles. The van der Waals surface area contributed by atoms with Crippen LogP contribution in [0.2, 0.25) is 0 Å². The first kappa shape index (κ1) is 13.6. The molecule has 0 atom stereocenters. The second kappa shape index (κ2) is 5.71. The van der Waals surface area contributed by atoms with Gasteiger partial charge in [0, 0.05) is 19.3 Å². The van der Waals surface area contributed by atoms with Crippen LogP contribution < -0.4 is 10.6 Å². The van der Waals surface area contributed by atoms with E-state index in [0.29, 0.717) is 6.42 Å². The van der Waals surface area contributed by atoms with Crippen LogP contribution in [-0.4, -0.2) is 19.5 Å². The Morgan fingerprint density at radius 3 is 2.47 bits per heavy atom. The molecular weight excluding hydrogens is 212 g/mol. The van der Waals surface area contributed by atoms with Gasteiger partial charge in [-0.15, -0.1) is 0 Å². The number of nitrogens with one attached hydrogen (secondary N) is 2. The van der Waals surface area contributed by atoms with Crippen LogP contribution in [0, 0.1) is 5.41 Å². The van der Waals surface area contributed by atoms with Crippen LogP contribution in [0.1, 0.15) is 26.3 Å². The molecule has 0 saturated carbocycles. The summed E-state index contributed by atoms with van der Waals surface area (Å²) in [5.74, 6) is 0.0370. The van der Waals surface area contributed by atoms with E-state index in [2.05, 4.69) is 31.4 Å². The summed E-state index contributed by atoms with van der Waals surface area (Å²) in [6, 6.07) is 7.95. The molecule has 3 nitrogen and oxygen atoms in total. The van der Waals surface area contributed by atoms with Gasteiger partial charge in [-0.3, -0.25) is 4.79 Å². The Morgan fingerprint density at radius 1 is 1.24 bits per heavy atom. The lowest BCUT2D eigenvalue weighted by Crippen LogP contribution is -2.22. The first-order valence-corrected chi connectivity index (χ1v) is 5.95. The fraction of sp³-hybridized carbons (Fsp3) is 0.500. The van der Waals surface area contributed by atoms with Gasteiger partial charge in [0.2, 0.25) is 5.91 Å². The standard InChI is InChI=1S/C14H22N2O/c1-14(2,3)10-16-12-8-6-5-7-11(12)9-13(17)15-4/h5-8,16H,9-10H2,1-4H3,(H,15,17). The smallest absolute Gasteiger partial charge is 0.224 e. The van der Waals surface area contributed by atoms with Gasteiger partial charge < -0.3 is 10.6 Å². The van der Waals surface area contributed by atoms with Crippen molar-refractivity contribution >= 4 is 11.6 Å². The zero-order chi connectivity index (χ0) is 12.9. The molecule has 0 unspecified atom stereocenters. The van der Waals surface area contributed by atoms with Crippen LogP contribution in [0.15, 0.2) is 24.3 Å². The fourth-order valence-electron chi connectivity index (χ4n) is 1.47. The summed E-state index contributed by atoms with van der Waals surface area (Å²) in [4.78, 5) is 11.4. The van der Waals surface area contributed by atoms with Crippen LogP contribution in [0.5, 0.6) is 0 Å². The third kappa shape index (κ3) is 4.89. The number of para-hydroxylation sites is 1. The van der Waals surface area contributed by atoms with E-state index in [9.17, 15) is 4.79 Å². The summed E-state index contributed by atoms with van der Waals surface area (Å²) in [6.45, 7) is 7.43. The number of benzene rings is 1. The van der Waals surface area contributed by atoms with E-state index in [-0.39, 0.29) is 11.3 Å². The van der Waals surface area contributed by atoms with E-state index in [0.717, 1.165) is 17.8 Å². The maximum Gasteiger partial charge on any atom is 0.224 e. The molecule has 94 valence electrons. The van der Waals surface area contributed by atoms with Gasteiger partial charge in [-0.2, -0.15) is 0 Å². The van der Waals surface area contributed by atoms with Gasteiger partial charge in [0.1, 0.15) is 0 Å². The number of hydrogen-bond donors (Lipinski definition) is 2. The Morgan fingerprint density at radius 2 is 1.88 bits per heavy atom. The summed E-state index contributed by atoms with van der Waals surface area (Å²) < 4.78 is 0. The lowest BCUT2D eigenvalue weighted by molar-refractivity contribution is -0.119. The summed E-state index contributed by atoms with van der Waals surface area (Å²) in [7, 11) is 1.66. The third-order valence-corrected chi connectivity index (χ3v) is 2.46. The third-order valence-electron chi connectivity index (χ3n) is 2.46. The molecule has 0 saturated heterocycles. The van der Waals surface area contributed by atoms with Crippen LogP contribution in [0.4, 0.5) is 5.69 Å². The highest BCUT2D eigenvalue weighted by molar-refractivity contribution is 5.80.